The Morgan fingerprint density at radius 1 is 1.12 bits per heavy atom. The van der Waals surface area contributed by atoms with Gasteiger partial charge >= 0.3 is 0 Å². The number of hydrogen-bond acceptors (Lipinski definition) is 5. The van der Waals surface area contributed by atoms with Crippen LogP contribution in [-0.2, 0) is 6.42 Å². The van der Waals surface area contributed by atoms with Crippen molar-refractivity contribution in [3.63, 3.8) is 0 Å². The molecule has 1 saturated carbocycles. The van der Waals surface area contributed by atoms with E-state index in [0.29, 0.717) is 11.6 Å². The van der Waals surface area contributed by atoms with E-state index in [1.807, 2.05) is 24.3 Å². The van der Waals surface area contributed by atoms with Gasteiger partial charge in [0.05, 0.1) is 13.2 Å². The topological polar surface area (TPSA) is 54.8 Å². The molecule has 3 atom stereocenters. The minimum Gasteiger partial charge on any atom is -0.508 e. The monoisotopic (exact) mass is 354 g/mol. The zero-order valence-corrected chi connectivity index (χ0v) is 15.2. The quantitative estimate of drug-likeness (QED) is 0.864. The second kappa shape index (κ2) is 7.54. The number of aromatic hydroxyl groups is 1. The van der Waals surface area contributed by atoms with E-state index < -0.39 is 0 Å². The molecule has 2 aliphatic rings. The van der Waals surface area contributed by atoms with Crippen LogP contribution in [0.5, 0.6) is 17.4 Å². The molecule has 1 aliphatic heterocycles. The summed E-state index contributed by atoms with van der Waals surface area (Å²) in [6.45, 7) is 3.40. The van der Waals surface area contributed by atoms with Crippen molar-refractivity contribution in [1.82, 2.24) is 9.88 Å². The Morgan fingerprint density at radius 2 is 1.85 bits per heavy atom. The second-order valence-corrected chi connectivity index (χ2v) is 7.42. The lowest BCUT2D eigenvalue weighted by atomic mass is 10.0. The van der Waals surface area contributed by atoms with Crippen LogP contribution in [0, 0.1) is 11.8 Å². The van der Waals surface area contributed by atoms with E-state index in [9.17, 15) is 5.11 Å². The van der Waals surface area contributed by atoms with Crippen LogP contribution in [0.4, 0.5) is 0 Å². The number of ether oxygens (including phenoxy) is 2. The summed E-state index contributed by atoms with van der Waals surface area (Å²) in [6, 6.07) is 11.4. The Labute approximate surface area is 154 Å². The lowest BCUT2D eigenvalue weighted by molar-refractivity contribution is 0.177. The van der Waals surface area contributed by atoms with Crippen LogP contribution in [0.1, 0.15) is 18.4 Å². The molecule has 0 radical (unpaired) electrons. The fourth-order valence-corrected chi connectivity index (χ4v) is 4.37. The Bertz CT molecular complexity index is 720. The van der Waals surface area contributed by atoms with Crippen LogP contribution in [0.15, 0.2) is 42.6 Å². The number of nitrogens with zero attached hydrogens (tertiary/aromatic N) is 2. The zero-order valence-electron chi connectivity index (χ0n) is 15.2. The lowest BCUT2D eigenvalue weighted by Gasteiger charge is -2.20. The summed E-state index contributed by atoms with van der Waals surface area (Å²) in [5, 5.41) is 9.37. The van der Waals surface area contributed by atoms with Crippen molar-refractivity contribution in [1.29, 1.82) is 0 Å². The Balaban J connectivity index is 1.27. The first-order valence-electron chi connectivity index (χ1n) is 9.37. The van der Waals surface area contributed by atoms with Crippen LogP contribution >= 0.6 is 0 Å². The zero-order chi connectivity index (χ0) is 17.9. The summed E-state index contributed by atoms with van der Waals surface area (Å²) in [4.78, 5) is 6.78. The van der Waals surface area contributed by atoms with Gasteiger partial charge in [-0.3, -0.25) is 0 Å². The van der Waals surface area contributed by atoms with Crippen molar-refractivity contribution in [3.8, 4) is 17.4 Å². The average Bonchev–Trinajstić information content (AvgIpc) is 3.20. The summed E-state index contributed by atoms with van der Waals surface area (Å²) >= 11 is 0. The van der Waals surface area contributed by atoms with Crippen molar-refractivity contribution < 1.29 is 14.6 Å². The Hall–Kier alpha value is -2.27. The predicted octanol–water partition coefficient (Wildman–Crippen LogP) is 3.13. The molecule has 2 aromatic rings. The number of rotatable bonds is 6. The highest BCUT2D eigenvalue weighted by Gasteiger charge is 2.41. The van der Waals surface area contributed by atoms with Gasteiger partial charge in [-0.1, -0.05) is 12.1 Å². The van der Waals surface area contributed by atoms with Gasteiger partial charge < -0.3 is 19.5 Å². The Kier molecular flexibility index (Phi) is 4.98. The standard InChI is InChI=1S/C21H26N2O3/c1-25-21-20(3-2-9-22-21)26-19-11-16-13-23(14-17(16)12-19)10-8-15-4-6-18(24)7-5-15/h2-7,9,16-17,19,24H,8,10-14H2,1H3/t16-,17+,19?. The highest BCUT2D eigenvalue weighted by molar-refractivity contribution is 5.32. The number of likely N-dealkylation sites (tertiary alicyclic amines) is 1. The molecule has 5 heteroatoms. The summed E-state index contributed by atoms with van der Waals surface area (Å²) in [7, 11) is 1.63. The highest BCUT2D eigenvalue weighted by atomic mass is 16.5. The molecule has 1 N–H and O–H groups in total. The maximum Gasteiger partial charge on any atom is 0.256 e. The second-order valence-electron chi connectivity index (χ2n) is 7.42. The number of phenols is 1. The van der Waals surface area contributed by atoms with Crippen molar-refractivity contribution in [2.45, 2.75) is 25.4 Å². The fourth-order valence-electron chi connectivity index (χ4n) is 4.37. The van der Waals surface area contributed by atoms with Crippen molar-refractivity contribution in [3.05, 3.63) is 48.2 Å². The third-order valence-electron chi connectivity index (χ3n) is 5.66. The van der Waals surface area contributed by atoms with E-state index in [2.05, 4.69) is 9.88 Å². The van der Waals surface area contributed by atoms with Gasteiger partial charge in [0.15, 0.2) is 5.75 Å². The number of phenolic OH excluding ortho intramolecular Hbond substituents is 1. The maximum absolute atomic E-state index is 9.37. The number of methoxy groups -OCH3 is 1. The van der Waals surface area contributed by atoms with Crippen LogP contribution in [0.25, 0.3) is 0 Å². The summed E-state index contributed by atoms with van der Waals surface area (Å²) in [5.41, 5.74) is 1.28. The fraction of sp³-hybridized carbons (Fsp3) is 0.476. The summed E-state index contributed by atoms with van der Waals surface area (Å²) in [6.07, 6.45) is 5.24. The van der Waals surface area contributed by atoms with Crippen LogP contribution in [0.3, 0.4) is 0 Å². The van der Waals surface area contributed by atoms with E-state index >= 15 is 0 Å². The van der Waals surface area contributed by atoms with E-state index in [4.69, 9.17) is 9.47 Å². The first kappa shape index (κ1) is 17.2. The van der Waals surface area contributed by atoms with Crippen LogP contribution in [-0.4, -0.2) is 47.8 Å². The van der Waals surface area contributed by atoms with Gasteiger partial charge in [0, 0.05) is 25.8 Å². The smallest absolute Gasteiger partial charge is 0.256 e. The van der Waals surface area contributed by atoms with Gasteiger partial charge in [0.2, 0.25) is 0 Å². The van der Waals surface area contributed by atoms with E-state index in [1.165, 1.54) is 5.56 Å². The third kappa shape index (κ3) is 3.78. The Morgan fingerprint density at radius 3 is 2.54 bits per heavy atom. The molecule has 2 fully saturated rings. The van der Waals surface area contributed by atoms with E-state index in [0.717, 1.165) is 56.5 Å². The molecule has 1 aliphatic carbocycles. The molecular formula is C21H26N2O3. The number of hydrogen-bond donors (Lipinski definition) is 1. The number of benzene rings is 1. The number of pyridine rings is 1. The first-order chi connectivity index (χ1) is 12.7. The lowest BCUT2D eigenvalue weighted by Crippen LogP contribution is -2.26. The molecule has 2 heterocycles. The van der Waals surface area contributed by atoms with Crippen molar-refractivity contribution in [2.24, 2.45) is 11.8 Å². The van der Waals surface area contributed by atoms with Crippen molar-refractivity contribution in [2.75, 3.05) is 26.7 Å². The molecule has 5 nitrogen and oxygen atoms in total. The molecule has 26 heavy (non-hydrogen) atoms. The third-order valence-corrected chi connectivity index (χ3v) is 5.66. The maximum atomic E-state index is 9.37. The highest BCUT2D eigenvalue weighted by Crippen LogP contribution is 2.40. The SMILES string of the molecule is COc1ncccc1OC1C[C@@H]2CN(CCc3ccc(O)cc3)C[C@@H]2C1. The van der Waals surface area contributed by atoms with E-state index in [1.54, 1.807) is 25.4 Å². The average molecular weight is 354 g/mol. The van der Waals surface area contributed by atoms with Gasteiger partial charge in [-0.25, -0.2) is 4.98 Å². The molecule has 1 aromatic heterocycles. The number of fused-ring (bicyclic) bond motifs is 1. The molecule has 0 spiro atoms. The van der Waals surface area contributed by atoms with Gasteiger partial charge in [0.25, 0.3) is 5.88 Å². The molecule has 138 valence electrons. The minimum atomic E-state index is 0.266. The molecule has 0 bridgehead atoms. The number of aromatic nitrogens is 1. The van der Waals surface area contributed by atoms with Gasteiger partial charge in [-0.05, 0) is 60.9 Å². The largest absolute Gasteiger partial charge is 0.508 e. The molecule has 0 amide bonds. The van der Waals surface area contributed by atoms with Crippen molar-refractivity contribution >= 4 is 0 Å². The van der Waals surface area contributed by atoms with Gasteiger partial charge in [0.1, 0.15) is 5.75 Å². The normalized spacial score (nSPS) is 25.2. The van der Waals surface area contributed by atoms with Gasteiger partial charge in [-0.15, -0.1) is 0 Å². The van der Waals surface area contributed by atoms with Crippen LogP contribution in [0.2, 0.25) is 0 Å². The molecule has 1 saturated heterocycles. The molecule has 4 rings (SSSR count). The summed E-state index contributed by atoms with van der Waals surface area (Å²) in [5.74, 6) is 3.11. The summed E-state index contributed by atoms with van der Waals surface area (Å²) < 4.78 is 11.5. The van der Waals surface area contributed by atoms with E-state index in [-0.39, 0.29) is 6.10 Å². The predicted molar refractivity (Wildman–Crippen MR) is 99.7 cm³/mol. The molecule has 1 aromatic carbocycles. The minimum absolute atomic E-state index is 0.266. The molecular weight excluding hydrogens is 328 g/mol. The van der Waals surface area contributed by atoms with Gasteiger partial charge in [-0.2, -0.15) is 0 Å². The first-order valence-corrected chi connectivity index (χ1v) is 9.37. The van der Waals surface area contributed by atoms with Crippen LogP contribution < -0.4 is 9.47 Å². The molecule has 1 unspecified atom stereocenters.